The van der Waals surface area contributed by atoms with Crippen molar-refractivity contribution >= 4 is 22.4 Å². The number of nitrogens with one attached hydrogen (secondary N) is 1. The first-order chi connectivity index (χ1) is 13.6. The van der Waals surface area contributed by atoms with Crippen LogP contribution in [0.3, 0.4) is 0 Å². The summed E-state index contributed by atoms with van der Waals surface area (Å²) >= 11 is 1.40. The van der Waals surface area contributed by atoms with Crippen molar-refractivity contribution in [2.45, 2.75) is 26.7 Å². The number of aryl methyl sites for hydroxylation is 3. The lowest BCUT2D eigenvalue weighted by atomic mass is 10.0. The maximum Gasteiger partial charge on any atom is 0.238 e. The van der Waals surface area contributed by atoms with Crippen LogP contribution in [-0.4, -0.2) is 21.0 Å². The van der Waals surface area contributed by atoms with Gasteiger partial charge in [0.2, 0.25) is 17.6 Å². The molecule has 0 aliphatic carbocycles. The van der Waals surface area contributed by atoms with E-state index in [9.17, 15) is 4.79 Å². The van der Waals surface area contributed by atoms with Gasteiger partial charge < -0.3 is 14.3 Å². The highest BCUT2D eigenvalue weighted by Gasteiger charge is 2.14. The maximum absolute atomic E-state index is 12.2. The number of nitrogens with zero attached hydrogens (tertiary/aromatic N) is 3. The molecule has 142 valence electrons. The predicted octanol–water partition coefficient (Wildman–Crippen LogP) is 4.64. The van der Waals surface area contributed by atoms with Gasteiger partial charge in [-0.1, -0.05) is 28.9 Å². The first kappa shape index (κ1) is 18.1. The van der Waals surface area contributed by atoms with Gasteiger partial charge in [-0.25, -0.2) is 4.98 Å². The molecule has 0 fully saturated rings. The van der Waals surface area contributed by atoms with Crippen LogP contribution in [0.25, 0.3) is 22.8 Å². The van der Waals surface area contributed by atoms with Crippen LogP contribution in [0.1, 0.15) is 23.4 Å². The topological polar surface area (TPSA) is 94.1 Å². The van der Waals surface area contributed by atoms with Gasteiger partial charge in [-0.05, 0) is 31.5 Å². The lowest BCUT2D eigenvalue weighted by molar-refractivity contribution is -0.116. The Morgan fingerprint density at radius 1 is 1.21 bits per heavy atom. The third-order valence-corrected chi connectivity index (χ3v) is 4.94. The summed E-state index contributed by atoms with van der Waals surface area (Å²) in [5.41, 5.74) is 4.30. The first-order valence-electron chi connectivity index (χ1n) is 8.78. The fraction of sp³-hybridized carbons (Fsp3) is 0.200. The van der Waals surface area contributed by atoms with Crippen molar-refractivity contribution in [2.24, 2.45) is 0 Å². The van der Waals surface area contributed by atoms with Crippen LogP contribution in [0.15, 0.2) is 50.9 Å². The standard InChI is InChI=1S/C20H18N4O3S/c1-12-5-6-14(13(2)10-12)15-11-28-20(21-15)22-17(25)7-8-18-23-19(24-27-18)16-4-3-9-26-16/h3-6,9-11H,7-8H2,1-2H3,(H,21,22,25). The molecule has 0 aliphatic rings. The fourth-order valence-corrected chi connectivity index (χ4v) is 3.55. The Hall–Kier alpha value is -3.26. The second kappa shape index (κ2) is 7.77. The van der Waals surface area contributed by atoms with Crippen LogP contribution in [0, 0.1) is 13.8 Å². The number of carbonyl (C=O) groups excluding carboxylic acids is 1. The number of aromatic nitrogens is 3. The van der Waals surface area contributed by atoms with E-state index in [1.807, 2.05) is 5.38 Å². The van der Waals surface area contributed by atoms with Gasteiger partial charge in [0.25, 0.3) is 0 Å². The molecule has 0 aliphatic heterocycles. The van der Waals surface area contributed by atoms with Gasteiger partial charge in [0.15, 0.2) is 10.9 Å². The third-order valence-electron chi connectivity index (χ3n) is 4.18. The van der Waals surface area contributed by atoms with Crippen molar-refractivity contribution in [3.05, 3.63) is 59.0 Å². The van der Waals surface area contributed by atoms with Gasteiger partial charge in [-0.15, -0.1) is 11.3 Å². The zero-order valence-corrected chi connectivity index (χ0v) is 16.2. The van der Waals surface area contributed by atoms with Gasteiger partial charge in [0, 0.05) is 23.8 Å². The quantitative estimate of drug-likeness (QED) is 0.512. The number of thiazole rings is 1. The SMILES string of the molecule is Cc1ccc(-c2csc(NC(=O)CCc3nc(-c4ccco4)no3)n2)c(C)c1. The average Bonchev–Trinajstić information content (AvgIpc) is 3.41. The van der Waals surface area contributed by atoms with Crippen molar-refractivity contribution in [2.75, 3.05) is 5.32 Å². The molecule has 1 amide bonds. The Labute approximate surface area is 165 Å². The first-order valence-corrected chi connectivity index (χ1v) is 9.66. The normalized spacial score (nSPS) is 10.9. The monoisotopic (exact) mass is 394 g/mol. The number of amides is 1. The zero-order valence-electron chi connectivity index (χ0n) is 15.4. The van der Waals surface area contributed by atoms with E-state index >= 15 is 0 Å². The summed E-state index contributed by atoms with van der Waals surface area (Å²) in [6.45, 7) is 4.12. The summed E-state index contributed by atoms with van der Waals surface area (Å²) in [6.07, 6.45) is 2.10. The summed E-state index contributed by atoms with van der Waals surface area (Å²) < 4.78 is 10.4. The lowest BCUT2D eigenvalue weighted by Crippen LogP contribution is -2.12. The van der Waals surface area contributed by atoms with Crippen LogP contribution < -0.4 is 5.32 Å². The average molecular weight is 394 g/mol. The largest absolute Gasteiger partial charge is 0.461 e. The number of benzene rings is 1. The molecule has 0 saturated carbocycles. The molecule has 1 N–H and O–H groups in total. The summed E-state index contributed by atoms with van der Waals surface area (Å²) in [5, 5.41) is 9.19. The molecule has 0 atom stereocenters. The Kier molecular flexibility index (Phi) is 5.03. The van der Waals surface area contributed by atoms with Gasteiger partial charge in [-0.2, -0.15) is 4.98 Å². The van der Waals surface area contributed by atoms with Gasteiger partial charge in [-0.3, -0.25) is 4.79 Å². The second-order valence-corrected chi connectivity index (χ2v) is 7.25. The van der Waals surface area contributed by atoms with Crippen LogP contribution in [0.4, 0.5) is 5.13 Å². The molecule has 0 saturated heterocycles. The molecular weight excluding hydrogens is 376 g/mol. The van der Waals surface area contributed by atoms with Crippen molar-refractivity contribution in [1.82, 2.24) is 15.1 Å². The predicted molar refractivity (Wildman–Crippen MR) is 106 cm³/mol. The Morgan fingerprint density at radius 2 is 2.11 bits per heavy atom. The van der Waals surface area contributed by atoms with Crippen molar-refractivity contribution in [3.63, 3.8) is 0 Å². The van der Waals surface area contributed by atoms with Crippen molar-refractivity contribution in [1.29, 1.82) is 0 Å². The summed E-state index contributed by atoms with van der Waals surface area (Å²) in [4.78, 5) is 21.0. The van der Waals surface area contributed by atoms with Crippen LogP contribution >= 0.6 is 11.3 Å². The summed E-state index contributed by atoms with van der Waals surface area (Å²) in [6, 6.07) is 9.73. The molecule has 3 aromatic heterocycles. The number of hydrogen-bond donors (Lipinski definition) is 1. The zero-order chi connectivity index (χ0) is 19.5. The number of carbonyl (C=O) groups is 1. The van der Waals surface area contributed by atoms with Crippen LogP contribution in [0.2, 0.25) is 0 Å². The molecule has 4 rings (SSSR count). The molecule has 8 heteroatoms. The smallest absolute Gasteiger partial charge is 0.238 e. The van der Waals surface area contributed by atoms with Gasteiger partial charge >= 0.3 is 0 Å². The molecule has 0 unspecified atom stereocenters. The molecule has 4 aromatic rings. The third kappa shape index (κ3) is 4.01. The number of hydrogen-bond acceptors (Lipinski definition) is 7. The van der Waals surface area contributed by atoms with E-state index in [0.29, 0.717) is 29.0 Å². The Balaban J connectivity index is 1.35. The Morgan fingerprint density at radius 3 is 2.89 bits per heavy atom. The molecular formula is C20H18N4O3S. The number of rotatable bonds is 6. The number of anilines is 1. The van der Waals surface area contributed by atoms with Crippen molar-refractivity contribution < 1.29 is 13.7 Å². The van der Waals surface area contributed by atoms with E-state index in [1.165, 1.54) is 16.9 Å². The molecule has 3 heterocycles. The minimum atomic E-state index is -0.153. The minimum Gasteiger partial charge on any atom is -0.461 e. The number of furan rings is 1. The fourth-order valence-electron chi connectivity index (χ4n) is 2.82. The molecule has 0 radical (unpaired) electrons. The molecule has 0 spiro atoms. The Bertz CT molecular complexity index is 1100. The summed E-state index contributed by atoms with van der Waals surface area (Å²) in [5.74, 6) is 1.13. The van der Waals surface area contributed by atoms with Gasteiger partial charge in [0.1, 0.15) is 0 Å². The molecule has 1 aromatic carbocycles. The maximum atomic E-state index is 12.2. The lowest BCUT2D eigenvalue weighted by Gasteiger charge is -2.03. The molecule has 7 nitrogen and oxygen atoms in total. The van der Waals surface area contributed by atoms with E-state index < -0.39 is 0 Å². The molecule has 0 bridgehead atoms. The van der Waals surface area contributed by atoms with Gasteiger partial charge in [0.05, 0.1) is 12.0 Å². The van der Waals surface area contributed by atoms with Crippen LogP contribution in [-0.2, 0) is 11.2 Å². The minimum absolute atomic E-state index is 0.153. The van der Waals surface area contributed by atoms with E-state index in [1.54, 1.807) is 18.4 Å². The highest BCUT2D eigenvalue weighted by Crippen LogP contribution is 2.28. The van der Waals surface area contributed by atoms with E-state index in [0.717, 1.165) is 16.8 Å². The van der Waals surface area contributed by atoms with Crippen molar-refractivity contribution in [3.8, 4) is 22.8 Å². The highest BCUT2D eigenvalue weighted by molar-refractivity contribution is 7.14. The van der Waals surface area contributed by atoms with Crippen LogP contribution in [0.5, 0.6) is 0 Å². The summed E-state index contributed by atoms with van der Waals surface area (Å²) in [7, 11) is 0. The van der Waals surface area contributed by atoms with E-state index in [-0.39, 0.29) is 12.3 Å². The highest BCUT2D eigenvalue weighted by atomic mass is 32.1. The molecule has 28 heavy (non-hydrogen) atoms. The second-order valence-electron chi connectivity index (χ2n) is 6.39. The van der Waals surface area contributed by atoms with E-state index in [2.05, 4.69) is 52.5 Å². The van der Waals surface area contributed by atoms with E-state index in [4.69, 9.17) is 8.94 Å².